The van der Waals surface area contributed by atoms with E-state index in [1.165, 1.54) is 19.1 Å². The highest BCUT2D eigenvalue weighted by Gasteiger charge is 2.33. The van der Waals surface area contributed by atoms with Gasteiger partial charge in [0.2, 0.25) is 11.6 Å². The molecule has 0 fully saturated rings. The minimum absolute atomic E-state index is 0.0280. The van der Waals surface area contributed by atoms with Gasteiger partial charge in [-0.15, -0.1) is 0 Å². The number of carbonyl (C=O) groups excluding carboxylic acids is 2. The van der Waals surface area contributed by atoms with Crippen LogP contribution in [0.15, 0.2) is 17.7 Å². The van der Waals surface area contributed by atoms with Crippen molar-refractivity contribution in [2.45, 2.75) is 20.3 Å². The van der Waals surface area contributed by atoms with Gasteiger partial charge in [0.1, 0.15) is 11.5 Å². The van der Waals surface area contributed by atoms with Gasteiger partial charge in [0, 0.05) is 22.3 Å². The topological polar surface area (TPSA) is 74.6 Å². The van der Waals surface area contributed by atoms with Crippen LogP contribution in [0.1, 0.15) is 35.3 Å². The smallest absolute Gasteiger partial charge is 0.234 e. The first-order valence-corrected chi connectivity index (χ1v) is 5.33. The molecule has 88 valence electrons. The van der Waals surface area contributed by atoms with Crippen molar-refractivity contribution in [1.82, 2.24) is 0 Å². The average molecular weight is 232 g/mol. The lowest BCUT2D eigenvalue weighted by atomic mass is 9.85. The number of phenolic OH excluding ortho intramolecular Hbond substituents is 1. The number of allylic oxidation sites excluding steroid dienone is 1. The Kier molecular flexibility index (Phi) is 2.50. The lowest BCUT2D eigenvalue weighted by Crippen LogP contribution is -2.24. The molecule has 0 unspecified atom stereocenters. The number of hydrogen-bond donors (Lipinski definition) is 2. The molecule has 1 aromatic carbocycles. The number of carbonyl (C=O) groups is 2. The number of fused-ring (bicyclic) bond motifs is 1. The van der Waals surface area contributed by atoms with Crippen molar-refractivity contribution >= 4 is 17.3 Å². The molecule has 2 N–H and O–H groups in total. The Hall–Kier alpha value is -2.10. The summed E-state index contributed by atoms with van der Waals surface area (Å²) in [6.45, 7) is 3.19. The molecule has 4 nitrogen and oxygen atoms in total. The third-order valence-electron chi connectivity index (χ3n) is 3.03. The van der Waals surface area contributed by atoms with Crippen LogP contribution in [0.4, 0.5) is 0 Å². The van der Waals surface area contributed by atoms with E-state index in [1.807, 2.05) is 0 Å². The van der Waals surface area contributed by atoms with Crippen LogP contribution in [0, 0.1) is 0 Å². The van der Waals surface area contributed by atoms with Crippen molar-refractivity contribution in [1.29, 1.82) is 0 Å². The molecule has 0 amide bonds. The SMILES string of the molecule is CCc1c(O)ccc2c1C(=O)C(=O)C(C)=C2O. The zero-order chi connectivity index (χ0) is 12.7. The number of hydrogen-bond acceptors (Lipinski definition) is 4. The van der Waals surface area contributed by atoms with E-state index in [2.05, 4.69) is 0 Å². The van der Waals surface area contributed by atoms with E-state index in [9.17, 15) is 19.8 Å². The van der Waals surface area contributed by atoms with Crippen LogP contribution in [-0.2, 0) is 11.2 Å². The molecule has 1 aromatic rings. The first kappa shape index (κ1) is 11.4. The summed E-state index contributed by atoms with van der Waals surface area (Å²) >= 11 is 0. The Morgan fingerprint density at radius 2 is 1.76 bits per heavy atom. The van der Waals surface area contributed by atoms with Crippen LogP contribution in [0.3, 0.4) is 0 Å². The molecule has 0 spiro atoms. The number of aliphatic hydroxyl groups excluding tert-OH is 1. The summed E-state index contributed by atoms with van der Waals surface area (Å²) in [7, 11) is 0. The normalized spacial score (nSPS) is 15.2. The molecule has 2 rings (SSSR count). The summed E-state index contributed by atoms with van der Waals surface area (Å²) in [5.41, 5.74) is 0.900. The number of ketones is 2. The Morgan fingerprint density at radius 3 is 2.35 bits per heavy atom. The second kappa shape index (κ2) is 3.73. The fourth-order valence-electron chi connectivity index (χ4n) is 2.04. The molecule has 0 saturated carbocycles. The van der Waals surface area contributed by atoms with Crippen molar-refractivity contribution < 1.29 is 19.8 Å². The van der Waals surface area contributed by atoms with E-state index in [0.29, 0.717) is 17.5 Å². The van der Waals surface area contributed by atoms with Gasteiger partial charge in [-0.3, -0.25) is 9.59 Å². The zero-order valence-corrected chi connectivity index (χ0v) is 9.57. The Morgan fingerprint density at radius 1 is 1.12 bits per heavy atom. The lowest BCUT2D eigenvalue weighted by Gasteiger charge is -2.19. The fraction of sp³-hybridized carbons (Fsp3) is 0.231. The van der Waals surface area contributed by atoms with Gasteiger partial charge < -0.3 is 10.2 Å². The molecule has 0 bridgehead atoms. The van der Waals surface area contributed by atoms with Gasteiger partial charge in [0.15, 0.2) is 0 Å². The molecular weight excluding hydrogens is 220 g/mol. The van der Waals surface area contributed by atoms with Gasteiger partial charge in [-0.1, -0.05) is 6.92 Å². The second-order valence-corrected chi connectivity index (χ2v) is 3.97. The molecule has 1 aliphatic rings. The average Bonchev–Trinajstić information content (AvgIpc) is 2.33. The molecule has 4 heteroatoms. The third-order valence-corrected chi connectivity index (χ3v) is 3.03. The van der Waals surface area contributed by atoms with E-state index in [4.69, 9.17) is 0 Å². The zero-order valence-electron chi connectivity index (χ0n) is 9.57. The van der Waals surface area contributed by atoms with Gasteiger partial charge >= 0.3 is 0 Å². The molecule has 0 aromatic heterocycles. The van der Waals surface area contributed by atoms with E-state index in [1.54, 1.807) is 6.92 Å². The number of rotatable bonds is 1. The second-order valence-electron chi connectivity index (χ2n) is 3.97. The minimum atomic E-state index is -0.713. The van der Waals surface area contributed by atoms with Gasteiger partial charge in [0.25, 0.3) is 0 Å². The summed E-state index contributed by atoms with van der Waals surface area (Å²) in [6.07, 6.45) is 0.417. The lowest BCUT2D eigenvalue weighted by molar-refractivity contribution is -0.111. The molecular formula is C13H12O4. The van der Waals surface area contributed by atoms with Crippen molar-refractivity contribution in [3.8, 4) is 5.75 Å². The van der Waals surface area contributed by atoms with Crippen LogP contribution >= 0.6 is 0 Å². The maximum absolute atomic E-state index is 11.9. The molecule has 0 atom stereocenters. The maximum Gasteiger partial charge on any atom is 0.234 e. The molecule has 0 heterocycles. The monoisotopic (exact) mass is 232 g/mol. The fourth-order valence-corrected chi connectivity index (χ4v) is 2.04. The molecule has 1 aliphatic carbocycles. The Labute approximate surface area is 98.2 Å². The number of aromatic hydroxyl groups is 1. The quantitative estimate of drug-likeness (QED) is 0.726. The first-order valence-electron chi connectivity index (χ1n) is 5.33. The first-order chi connectivity index (χ1) is 7.99. The number of phenols is 1. The van der Waals surface area contributed by atoms with Crippen molar-refractivity contribution in [3.05, 3.63) is 34.4 Å². The predicted octanol–water partition coefficient (Wildman–Crippen LogP) is 2.01. The van der Waals surface area contributed by atoms with Crippen LogP contribution in [0.2, 0.25) is 0 Å². The van der Waals surface area contributed by atoms with Gasteiger partial charge in [-0.05, 0) is 25.5 Å². The summed E-state index contributed by atoms with van der Waals surface area (Å²) in [6, 6.07) is 2.87. The molecule has 0 aliphatic heterocycles. The van der Waals surface area contributed by atoms with E-state index in [-0.39, 0.29) is 22.6 Å². The Balaban J connectivity index is 2.85. The summed E-state index contributed by atoms with van der Waals surface area (Å²) in [4.78, 5) is 23.5. The van der Waals surface area contributed by atoms with Crippen LogP contribution in [0.5, 0.6) is 5.75 Å². The van der Waals surface area contributed by atoms with Gasteiger partial charge in [-0.25, -0.2) is 0 Å². The summed E-state index contributed by atoms with van der Waals surface area (Å²) in [5, 5.41) is 19.5. The number of Topliss-reactive ketones (excluding diaryl/α,β-unsaturated/α-hetero) is 2. The van der Waals surface area contributed by atoms with Crippen LogP contribution in [0.25, 0.3) is 5.76 Å². The highest BCUT2D eigenvalue weighted by atomic mass is 16.3. The van der Waals surface area contributed by atoms with Crippen molar-refractivity contribution in [3.63, 3.8) is 0 Å². The molecule has 17 heavy (non-hydrogen) atoms. The summed E-state index contributed by atoms with van der Waals surface area (Å²) in [5.74, 6) is -1.59. The molecule has 0 radical (unpaired) electrons. The van der Waals surface area contributed by atoms with Crippen molar-refractivity contribution in [2.75, 3.05) is 0 Å². The minimum Gasteiger partial charge on any atom is -0.508 e. The van der Waals surface area contributed by atoms with Crippen LogP contribution < -0.4 is 0 Å². The predicted molar refractivity (Wildman–Crippen MR) is 62.0 cm³/mol. The van der Waals surface area contributed by atoms with E-state index in [0.717, 1.165) is 0 Å². The maximum atomic E-state index is 11.9. The van der Waals surface area contributed by atoms with E-state index >= 15 is 0 Å². The highest BCUT2D eigenvalue weighted by Crippen LogP contribution is 2.34. The standard InChI is InChI=1S/C13H12O4/c1-3-7-9(14)5-4-8-10(7)13(17)12(16)6(2)11(8)15/h4-5,14-15H,3H2,1-2H3. The third kappa shape index (κ3) is 1.45. The van der Waals surface area contributed by atoms with E-state index < -0.39 is 11.6 Å². The Bertz CT molecular complexity index is 567. The van der Waals surface area contributed by atoms with Gasteiger partial charge in [-0.2, -0.15) is 0 Å². The highest BCUT2D eigenvalue weighted by molar-refractivity contribution is 6.52. The number of benzene rings is 1. The van der Waals surface area contributed by atoms with Crippen molar-refractivity contribution in [2.24, 2.45) is 0 Å². The largest absolute Gasteiger partial charge is 0.508 e. The van der Waals surface area contributed by atoms with Crippen LogP contribution in [-0.4, -0.2) is 21.8 Å². The number of aliphatic hydroxyl groups is 1. The molecule has 0 saturated heterocycles. The summed E-state index contributed by atoms with van der Waals surface area (Å²) < 4.78 is 0. The van der Waals surface area contributed by atoms with Gasteiger partial charge in [0.05, 0.1) is 0 Å².